The van der Waals surface area contributed by atoms with Crippen molar-refractivity contribution in [2.75, 3.05) is 11.1 Å². The standard InChI is InChI=1S/C11H17ClN2/c1-7(2)8(3)14-10-6-4-5-9(12)11(10)13/h4-8,14H,13H2,1-3H3. The maximum absolute atomic E-state index is 5.91. The first-order chi connectivity index (χ1) is 6.52. The topological polar surface area (TPSA) is 38.0 Å². The van der Waals surface area contributed by atoms with Crippen LogP contribution in [0.5, 0.6) is 0 Å². The van der Waals surface area contributed by atoms with Gasteiger partial charge in [-0.2, -0.15) is 0 Å². The highest BCUT2D eigenvalue weighted by Gasteiger charge is 2.09. The Balaban J connectivity index is 2.82. The Labute approximate surface area is 90.4 Å². The van der Waals surface area contributed by atoms with Crippen LogP contribution in [0.1, 0.15) is 20.8 Å². The molecule has 78 valence electrons. The largest absolute Gasteiger partial charge is 0.396 e. The molecule has 14 heavy (non-hydrogen) atoms. The van der Waals surface area contributed by atoms with E-state index >= 15 is 0 Å². The zero-order chi connectivity index (χ0) is 10.7. The van der Waals surface area contributed by atoms with E-state index in [0.717, 1.165) is 5.69 Å². The van der Waals surface area contributed by atoms with E-state index in [4.69, 9.17) is 17.3 Å². The number of nitrogens with two attached hydrogens (primary N) is 1. The van der Waals surface area contributed by atoms with Crippen LogP contribution in [0.15, 0.2) is 18.2 Å². The molecule has 0 aliphatic heterocycles. The Bertz CT molecular complexity index is 310. The predicted octanol–water partition coefficient (Wildman–Crippen LogP) is 3.38. The van der Waals surface area contributed by atoms with Crippen LogP contribution in [0.4, 0.5) is 11.4 Å². The van der Waals surface area contributed by atoms with E-state index in [-0.39, 0.29) is 0 Å². The summed E-state index contributed by atoms with van der Waals surface area (Å²) in [6, 6.07) is 6.02. The van der Waals surface area contributed by atoms with Crippen LogP contribution in [0.3, 0.4) is 0 Å². The van der Waals surface area contributed by atoms with Crippen LogP contribution in [0, 0.1) is 5.92 Å². The van der Waals surface area contributed by atoms with Crippen LogP contribution in [-0.4, -0.2) is 6.04 Å². The van der Waals surface area contributed by atoms with Crippen molar-refractivity contribution in [1.82, 2.24) is 0 Å². The van der Waals surface area contributed by atoms with Gasteiger partial charge in [-0.3, -0.25) is 0 Å². The number of anilines is 2. The van der Waals surface area contributed by atoms with Crippen molar-refractivity contribution in [3.05, 3.63) is 23.2 Å². The molecule has 0 fully saturated rings. The normalized spacial score (nSPS) is 12.9. The van der Waals surface area contributed by atoms with E-state index in [1.807, 2.05) is 12.1 Å². The number of halogens is 1. The molecule has 1 aromatic carbocycles. The molecule has 0 spiro atoms. The molecule has 0 bridgehead atoms. The van der Waals surface area contributed by atoms with E-state index in [1.54, 1.807) is 6.07 Å². The lowest BCUT2D eigenvalue weighted by atomic mass is 10.1. The molecule has 0 aliphatic rings. The van der Waals surface area contributed by atoms with E-state index in [9.17, 15) is 0 Å². The quantitative estimate of drug-likeness (QED) is 0.754. The summed E-state index contributed by atoms with van der Waals surface area (Å²) in [7, 11) is 0. The minimum absolute atomic E-state index is 0.385. The van der Waals surface area contributed by atoms with E-state index in [0.29, 0.717) is 22.7 Å². The zero-order valence-electron chi connectivity index (χ0n) is 8.84. The summed E-state index contributed by atoms with van der Waals surface area (Å²) in [6.45, 7) is 6.46. The highest BCUT2D eigenvalue weighted by molar-refractivity contribution is 6.33. The minimum Gasteiger partial charge on any atom is -0.396 e. The number of hydrogen-bond acceptors (Lipinski definition) is 2. The van der Waals surface area contributed by atoms with Crippen LogP contribution >= 0.6 is 11.6 Å². The molecule has 1 rings (SSSR count). The van der Waals surface area contributed by atoms with Gasteiger partial charge in [-0.1, -0.05) is 31.5 Å². The van der Waals surface area contributed by atoms with Crippen molar-refractivity contribution in [2.24, 2.45) is 5.92 Å². The first-order valence-corrected chi connectivity index (χ1v) is 5.20. The average molecular weight is 213 g/mol. The van der Waals surface area contributed by atoms with Crippen LogP contribution < -0.4 is 11.1 Å². The zero-order valence-corrected chi connectivity index (χ0v) is 9.60. The molecular weight excluding hydrogens is 196 g/mol. The summed E-state index contributed by atoms with van der Waals surface area (Å²) in [6.07, 6.45) is 0. The van der Waals surface area contributed by atoms with Gasteiger partial charge in [0.1, 0.15) is 0 Å². The van der Waals surface area contributed by atoms with Gasteiger partial charge in [0, 0.05) is 6.04 Å². The third kappa shape index (κ3) is 2.55. The molecule has 0 aliphatic carbocycles. The Morgan fingerprint density at radius 2 is 1.93 bits per heavy atom. The highest BCUT2D eigenvalue weighted by Crippen LogP contribution is 2.27. The van der Waals surface area contributed by atoms with Gasteiger partial charge in [0.05, 0.1) is 16.4 Å². The molecule has 0 saturated carbocycles. The van der Waals surface area contributed by atoms with Crippen molar-refractivity contribution in [2.45, 2.75) is 26.8 Å². The Kier molecular flexibility index (Phi) is 3.64. The summed E-state index contributed by atoms with van der Waals surface area (Å²) in [5, 5.41) is 3.94. The molecule has 0 saturated heterocycles. The molecule has 1 atom stereocenters. The summed E-state index contributed by atoms with van der Waals surface area (Å²) in [4.78, 5) is 0. The van der Waals surface area contributed by atoms with E-state index in [2.05, 4.69) is 26.1 Å². The molecule has 0 amide bonds. The third-order valence-electron chi connectivity index (χ3n) is 2.44. The Hall–Kier alpha value is -0.890. The lowest BCUT2D eigenvalue weighted by Gasteiger charge is -2.20. The number of hydrogen-bond donors (Lipinski definition) is 2. The lowest BCUT2D eigenvalue weighted by Crippen LogP contribution is -2.22. The second kappa shape index (κ2) is 4.56. The second-order valence-electron chi connectivity index (χ2n) is 3.88. The minimum atomic E-state index is 0.385. The highest BCUT2D eigenvalue weighted by atomic mass is 35.5. The van der Waals surface area contributed by atoms with Crippen molar-refractivity contribution in [3.63, 3.8) is 0 Å². The number of nitrogen functional groups attached to an aromatic ring is 1. The van der Waals surface area contributed by atoms with Crippen LogP contribution in [0.25, 0.3) is 0 Å². The maximum Gasteiger partial charge on any atom is 0.0739 e. The summed E-state index contributed by atoms with van der Waals surface area (Å²) in [5.74, 6) is 0.563. The first kappa shape index (κ1) is 11.2. The average Bonchev–Trinajstić information content (AvgIpc) is 2.12. The summed E-state index contributed by atoms with van der Waals surface area (Å²) < 4.78 is 0. The number of benzene rings is 1. The SMILES string of the molecule is CC(C)C(C)Nc1cccc(Cl)c1N. The Morgan fingerprint density at radius 1 is 1.29 bits per heavy atom. The molecule has 1 aromatic rings. The van der Waals surface area contributed by atoms with Gasteiger partial charge in [-0.25, -0.2) is 0 Å². The van der Waals surface area contributed by atoms with Gasteiger partial charge in [-0.15, -0.1) is 0 Å². The fourth-order valence-corrected chi connectivity index (χ4v) is 1.25. The number of nitrogens with one attached hydrogen (secondary N) is 1. The maximum atomic E-state index is 5.91. The van der Waals surface area contributed by atoms with E-state index < -0.39 is 0 Å². The molecule has 0 radical (unpaired) electrons. The smallest absolute Gasteiger partial charge is 0.0739 e. The number of rotatable bonds is 3. The predicted molar refractivity (Wildman–Crippen MR) is 63.8 cm³/mol. The van der Waals surface area contributed by atoms with Crippen LogP contribution in [0.2, 0.25) is 5.02 Å². The molecular formula is C11H17ClN2. The molecule has 1 unspecified atom stereocenters. The Morgan fingerprint density at radius 3 is 2.50 bits per heavy atom. The molecule has 3 N–H and O–H groups in total. The molecule has 2 nitrogen and oxygen atoms in total. The van der Waals surface area contributed by atoms with Crippen molar-refractivity contribution < 1.29 is 0 Å². The molecule has 0 heterocycles. The lowest BCUT2D eigenvalue weighted by molar-refractivity contribution is 0.560. The van der Waals surface area contributed by atoms with Crippen molar-refractivity contribution in [3.8, 4) is 0 Å². The van der Waals surface area contributed by atoms with E-state index in [1.165, 1.54) is 0 Å². The summed E-state index contributed by atoms with van der Waals surface area (Å²) in [5.41, 5.74) is 7.38. The van der Waals surface area contributed by atoms with Gasteiger partial charge in [-0.05, 0) is 25.0 Å². The third-order valence-corrected chi connectivity index (χ3v) is 2.77. The molecule has 0 aromatic heterocycles. The molecule has 3 heteroatoms. The van der Waals surface area contributed by atoms with Gasteiger partial charge >= 0.3 is 0 Å². The second-order valence-corrected chi connectivity index (χ2v) is 4.29. The number of para-hydroxylation sites is 1. The van der Waals surface area contributed by atoms with Gasteiger partial charge < -0.3 is 11.1 Å². The summed E-state index contributed by atoms with van der Waals surface area (Å²) >= 11 is 5.91. The van der Waals surface area contributed by atoms with Crippen molar-refractivity contribution in [1.29, 1.82) is 0 Å². The van der Waals surface area contributed by atoms with Gasteiger partial charge in [0.25, 0.3) is 0 Å². The fraction of sp³-hybridized carbons (Fsp3) is 0.455. The van der Waals surface area contributed by atoms with Gasteiger partial charge in [0.15, 0.2) is 0 Å². The fourth-order valence-electron chi connectivity index (χ4n) is 1.07. The van der Waals surface area contributed by atoms with Gasteiger partial charge in [0.2, 0.25) is 0 Å². The van der Waals surface area contributed by atoms with Crippen LogP contribution in [-0.2, 0) is 0 Å². The monoisotopic (exact) mass is 212 g/mol. The van der Waals surface area contributed by atoms with Crippen molar-refractivity contribution >= 4 is 23.0 Å². The first-order valence-electron chi connectivity index (χ1n) is 4.83.